The number of para-hydroxylation sites is 1. The number of amides is 1. The summed E-state index contributed by atoms with van der Waals surface area (Å²) >= 11 is 1.45. The first-order valence-electron chi connectivity index (χ1n) is 9.49. The summed E-state index contributed by atoms with van der Waals surface area (Å²) in [6, 6.07) is 15.5. The van der Waals surface area contributed by atoms with Crippen LogP contribution in [0.3, 0.4) is 0 Å². The molecule has 0 aliphatic heterocycles. The molecule has 2 N–H and O–H groups in total. The summed E-state index contributed by atoms with van der Waals surface area (Å²) in [5.41, 5.74) is 1.79. The third-order valence-electron chi connectivity index (χ3n) is 4.35. The van der Waals surface area contributed by atoms with Crippen LogP contribution in [0.2, 0.25) is 0 Å². The van der Waals surface area contributed by atoms with E-state index in [4.69, 9.17) is 9.15 Å². The Morgan fingerprint density at radius 1 is 1.03 bits per heavy atom. The number of furan rings is 1. The molecule has 0 aliphatic rings. The van der Waals surface area contributed by atoms with Crippen molar-refractivity contribution in [3.63, 3.8) is 0 Å². The van der Waals surface area contributed by atoms with Gasteiger partial charge in [0.05, 0.1) is 24.1 Å². The van der Waals surface area contributed by atoms with E-state index in [9.17, 15) is 14.4 Å². The predicted octanol–water partition coefficient (Wildman–Crippen LogP) is 4.61. The van der Waals surface area contributed by atoms with E-state index >= 15 is 0 Å². The van der Waals surface area contributed by atoms with Gasteiger partial charge in [-0.15, -0.1) is 11.8 Å². The highest BCUT2D eigenvalue weighted by Gasteiger charge is 2.16. The van der Waals surface area contributed by atoms with Crippen LogP contribution in [0.1, 0.15) is 33.4 Å². The number of anilines is 2. The second-order valence-corrected chi connectivity index (χ2v) is 7.42. The summed E-state index contributed by atoms with van der Waals surface area (Å²) in [6.45, 7) is 1.39. The number of benzene rings is 2. The van der Waals surface area contributed by atoms with Crippen molar-refractivity contribution >= 4 is 40.8 Å². The Morgan fingerprint density at radius 2 is 1.84 bits per heavy atom. The van der Waals surface area contributed by atoms with Gasteiger partial charge in [0.2, 0.25) is 5.91 Å². The van der Waals surface area contributed by atoms with Gasteiger partial charge >= 0.3 is 5.97 Å². The highest BCUT2D eigenvalue weighted by atomic mass is 32.2. The highest BCUT2D eigenvalue weighted by molar-refractivity contribution is 7.98. The van der Waals surface area contributed by atoms with Crippen LogP contribution in [-0.2, 0) is 16.1 Å². The Bertz CT molecular complexity index is 1080. The number of ketones is 1. The van der Waals surface area contributed by atoms with Crippen molar-refractivity contribution < 1.29 is 23.5 Å². The van der Waals surface area contributed by atoms with E-state index in [2.05, 4.69) is 10.6 Å². The molecule has 1 heterocycles. The van der Waals surface area contributed by atoms with Crippen molar-refractivity contribution in [2.24, 2.45) is 0 Å². The molecule has 0 fully saturated rings. The molecule has 0 saturated heterocycles. The summed E-state index contributed by atoms with van der Waals surface area (Å²) in [6.07, 6.45) is 3.45. The average Bonchev–Trinajstić information content (AvgIpc) is 3.29. The molecule has 0 unspecified atom stereocenters. The number of hydrogen-bond donors (Lipinski definition) is 2. The lowest BCUT2D eigenvalue weighted by atomic mass is 10.1. The first kappa shape index (κ1) is 22.2. The molecular weight excluding hydrogens is 416 g/mol. The molecule has 0 aliphatic carbocycles. The minimum Gasteiger partial charge on any atom is -0.467 e. The number of hydrogen-bond acceptors (Lipinski definition) is 7. The quantitative estimate of drug-likeness (QED) is 0.286. The van der Waals surface area contributed by atoms with Crippen LogP contribution in [0.25, 0.3) is 0 Å². The standard InChI is InChI=1S/C23H22N2O5S/c1-15(26)25-20-12-16(9-10-22(20)31-2)21(27)14-30-23(28)18-7-3-4-8-19(18)24-13-17-6-5-11-29-17/h3-12,24H,13-14H2,1-2H3,(H,25,26). The maximum absolute atomic E-state index is 12.6. The van der Waals surface area contributed by atoms with Crippen molar-refractivity contribution in [1.82, 2.24) is 0 Å². The summed E-state index contributed by atoms with van der Waals surface area (Å²) in [7, 11) is 0. The highest BCUT2D eigenvalue weighted by Crippen LogP contribution is 2.27. The summed E-state index contributed by atoms with van der Waals surface area (Å²) in [5.74, 6) is -0.487. The average molecular weight is 439 g/mol. The maximum atomic E-state index is 12.6. The van der Waals surface area contributed by atoms with E-state index in [1.54, 1.807) is 54.8 Å². The molecule has 1 aromatic heterocycles. The Balaban J connectivity index is 1.65. The van der Waals surface area contributed by atoms with Gasteiger partial charge in [0.15, 0.2) is 12.4 Å². The summed E-state index contributed by atoms with van der Waals surface area (Å²) in [5, 5.41) is 5.84. The fraction of sp³-hybridized carbons (Fsp3) is 0.174. The lowest BCUT2D eigenvalue weighted by molar-refractivity contribution is -0.114. The molecule has 2 aromatic carbocycles. The number of thioether (sulfide) groups is 1. The Labute approximate surface area is 184 Å². The number of nitrogens with one attached hydrogen (secondary N) is 2. The van der Waals surface area contributed by atoms with Gasteiger partial charge in [-0.2, -0.15) is 0 Å². The maximum Gasteiger partial charge on any atom is 0.340 e. The van der Waals surface area contributed by atoms with Gasteiger partial charge in [-0.05, 0) is 42.7 Å². The molecule has 0 radical (unpaired) electrons. The van der Waals surface area contributed by atoms with Gasteiger partial charge in [0.25, 0.3) is 0 Å². The molecule has 3 rings (SSSR count). The second kappa shape index (κ2) is 10.5. The molecule has 0 spiro atoms. The number of Topliss-reactive ketones (excluding diaryl/α,β-unsaturated/α-hetero) is 1. The van der Waals surface area contributed by atoms with E-state index in [1.165, 1.54) is 18.7 Å². The molecule has 8 heteroatoms. The number of carbonyl (C=O) groups excluding carboxylic acids is 3. The smallest absolute Gasteiger partial charge is 0.340 e. The number of rotatable bonds is 9. The topological polar surface area (TPSA) is 97.6 Å². The fourth-order valence-electron chi connectivity index (χ4n) is 2.87. The Morgan fingerprint density at radius 3 is 2.55 bits per heavy atom. The normalized spacial score (nSPS) is 10.4. The largest absolute Gasteiger partial charge is 0.467 e. The molecule has 0 atom stereocenters. The van der Waals surface area contributed by atoms with Crippen LogP contribution >= 0.6 is 11.8 Å². The lowest BCUT2D eigenvalue weighted by Crippen LogP contribution is -2.16. The zero-order chi connectivity index (χ0) is 22.2. The van der Waals surface area contributed by atoms with Crippen molar-refractivity contribution in [2.45, 2.75) is 18.4 Å². The van der Waals surface area contributed by atoms with Crippen molar-refractivity contribution in [3.05, 3.63) is 77.7 Å². The van der Waals surface area contributed by atoms with E-state index in [0.29, 0.717) is 29.0 Å². The Kier molecular flexibility index (Phi) is 7.50. The van der Waals surface area contributed by atoms with Crippen LogP contribution in [0.4, 0.5) is 11.4 Å². The van der Waals surface area contributed by atoms with E-state index in [0.717, 1.165) is 10.7 Å². The molecule has 0 saturated carbocycles. The second-order valence-electron chi connectivity index (χ2n) is 6.57. The van der Waals surface area contributed by atoms with Gasteiger partial charge in [-0.3, -0.25) is 9.59 Å². The van der Waals surface area contributed by atoms with Crippen molar-refractivity contribution in [2.75, 3.05) is 23.5 Å². The zero-order valence-electron chi connectivity index (χ0n) is 17.1. The minimum absolute atomic E-state index is 0.231. The van der Waals surface area contributed by atoms with Gasteiger partial charge in [0.1, 0.15) is 5.76 Å². The number of ether oxygens (including phenoxy) is 1. The SMILES string of the molecule is CSc1ccc(C(=O)COC(=O)c2ccccc2NCc2ccco2)cc1NC(C)=O. The third kappa shape index (κ3) is 5.99. The summed E-state index contributed by atoms with van der Waals surface area (Å²) in [4.78, 5) is 37.4. The van der Waals surface area contributed by atoms with E-state index < -0.39 is 12.6 Å². The van der Waals surface area contributed by atoms with Gasteiger partial charge in [-0.25, -0.2) is 4.79 Å². The molecule has 160 valence electrons. The molecule has 31 heavy (non-hydrogen) atoms. The minimum atomic E-state index is -0.612. The first-order valence-corrected chi connectivity index (χ1v) is 10.7. The summed E-state index contributed by atoms with van der Waals surface area (Å²) < 4.78 is 10.5. The van der Waals surface area contributed by atoms with E-state index in [1.807, 2.05) is 12.3 Å². The van der Waals surface area contributed by atoms with Crippen molar-refractivity contribution in [1.29, 1.82) is 0 Å². The zero-order valence-corrected chi connectivity index (χ0v) is 18.0. The molecule has 7 nitrogen and oxygen atoms in total. The number of carbonyl (C=O) groups is 3. The monoisotopic (exact) mass is 438 g/mol. The molecule has 3 aromatic rings. The lowest BCUT2D eigenvalue weighted by Gasteiger charge is -2.12. The fourth-order valence-corrected chi connectivity index (χ4v) is 3.41. The Hall–Kier alpha value is -3.52. The van der Waals surface area contributed by atoms with E-state index in [-0.39, 0.29) is 11.7 Å². The van der Waals surface area contributed by atoms with Crippen LogP contribution in [0.5, 0.6) is 0 Å². The van der Waals surface area contributed by atoms with Crippen LogP contribution < -0.4 is 10.6 Å². The van der Waals surface area contributed by atoms with Crippen LogP contribution in [-0.4, -0.2) is 30.5 Å². The van der Waals surface area contributed by atoms with Crippen LogP contribution in [0, 0.1) is 0 Å². The number of esters is 1. The molecular formula is C23H22N2O5S. The first-order chi connectivity index (χ1) is 15.0. The van der Waals surface area contributed by atoms with Crippen LogP contribution in [0.15, 0.2) is 70.2 Å². The third-order valence-corrected chi connectivity index (χ3v) is 5.14. The predicted molar refractivity (Wildman–Crippen MR) is 120 cm³/mol. The van der Waals surface area contributed by atoms with Gasteiger partial charge in [-0.1, -0.05) is 18.2 Å². The molecule has 1 amide bonds. The molecule has 0 bridgehead atoms. The van der Waals surface area contributed by atoms with Gasteiger partial charge < -0.3 is 19.8 Å². The van der Waals surface area contributed by atoms with Crippen molar-refractivity contribution in [3.8, 4) is 0 Å². The van der Waals surface area contributed by atoms with Gasteiger partial charge in [0, 0.05) is 23.1 Å².